The maximum absolute atomic E-state index is 12.7. The van der Waals surface area contributed by atoms with Crippen LogP contribution in [0.2, 0.25) is 0 Å². The van der Waals surface area contributed by atoms with Gasteiger partial charge in [-0.15, -0.1) is 0 Å². The Bertz CT molecular complexity index is 434. The van der Waals surface area contributed by atoms with Crippen LogP contribution in [-0.2, 0) is 0 Å². The van der Waals surface area contributed by atoms with Crippen molar-refractivity contribution in [2.75, 3.05) is 18.0 Å². The third-order valence-corrected chi connectivity index (χ3v) is 4.05. The summed E-state index contributed by atoms with van der Waals surface area (Å²) in [5.41, 5.74) is 0.793. The van der Waals surface area contributed by atoms with Gasteiger partial charge in [-0.05, 0) is 47.8 Å². The number of nitrogens with zero attached hydrogens (tertiary/aromatic N) is 2. The van der Waals surface area contributed by atoms with Crippen LogP contribution in [0.25, 0.3) is 0 Å². The van der Waals surface area contributed by atoms with Crippen LogP contribution < -0.4 is 4.90 Å². The third kappa shape index (κ3) is 2.96. The Hall–Kier alpha value is -0.780. The summed E-state index contributed by atoms with van der Waals surface area (Å²) in [6.07, 6.45) is -3.33. The van der Waals surface area contributed by atoms with Crippen LogP contribution in [0.5, 0.6) is 0 Å². The average Bonchev–Trinajstić information content (AvgIpc) is 2.32. The number of aryl methyl sites for hydroxylation is 1. The topological polar surface area (TPSA) is 16.1 Å². The SMILES string of the molecule is Cc1nc(N2CCCC(C(F)(F)F)C2)ccc1Br. The molecular weight excluding hydrogens is 309 g/mol. The molecule has 0 spiro atoms. The van der Waals surface area contributed by atoms with Gasteiger partial charge in [-0.25, -0.2) is 4.98 Å². The molecule has 1 aliphatic heterocycles. The molecule has 0 N–H and O–H groups in total. The zero-order valence-corrected chi connectivity index (χ0v) is 11.6. The Morgan fingerprint density at radius 2 is 2.11 bits per heavy atom. The molecule has 0 aliphatic carbocycles. The second-order valence-corrected chi connectivity index (χ2v) is 5.42. The van der Waals surface area contributed by atoms with E-state index in [1.807, 2.05) is 13.0 Å². The number of anilines is 1. The molecule has 0 bridgehead atoms. The normalized spacial score (nSPS) is 21.2. The van der Waals surface area contributed by atoms with E-state index in [4.69, 9.17) is 0 Å². The zero-order valence-electron chi connectivity index (χ0n) is 9.97. The van der Waals surface area contributed by atoms with Gasteiger partial charge in [-0.2, -0.15) is 13.2 Å². The summed E-state index contributed by atoms with van der Waals surface area (Å²) < 4.78 is 39.0. The van der Waals surface area contributed by atoms with Crippen LogP contribution in [0, 0.1) is 12.8 Å². The van der Waals surface area contributed by atoms with Gasteiger partial charge in [0.2, 0.25) is 0 Å². The Balaban J connectivity index is 2.15. The van der Waals surface area contributed by atoms with E-state index in [1.54, 1.807) is 11.0 Å². The highest BCUT2D eigenvalue weighted by Crippen LogP contribution is 2.34. The van der Waals surface area contributed by atoms with Crippen molar-refractivity contribution < 1.29 is 13.2 Å². The number of piperidine rings is 1. The summed E-state index contributed by atoms with van der Waals surface area (Å²) in [7, 11) is 0. The molecule has 0 saturated carbocycles. The maximum atomic E-state index is 12.7. The standard InChI is InChI=1S/C12H14BrF3N2/c1-8-10(13)4-5-11(17-8)18-6-2-3-9(7-18)12(14,15)16/h4-5,9H,2-3,6-7H2,1H3. The van der Waals surface area contributed by atoms with E-state index in [0.29, 0.717) is 18.8 Å². The third-order valence-electron chi connectivity index (χ3n) is 3.21. The van der Waals surface area contributed by atoms with E-state index in [1.165, 1.54) is 0 Å². The number of hydrogen-bond donors (Lipinski definition) is 0. The molecule has 0 amide bonds. The maximum Gasteiger partial charge on any atom is 0.393 e. The molecule has 100 valence electrons. The van der Waals surface area contributed by atoms with Crippen LogP contribution in [0.15, 0.2) is 16.6 Å². The molecule has 2 rings (SSSR count). The lowest BCUT2D eigenvalue weighted by Gasteiger charge is -2.34. The highest BCUT2D eigenvalue weighted by atomic mass is 79.9. The molecule has 1 unspecified atom stereocenters. The minimum atomic E-state index is -4.11. The summed E-state index contributed by atoms with van der Waals surface area (Å²) in [6, 6.07) is 3.59. The Kier molecular flexibility index (Phi) is 3.84. The first-order chi connectivity index (χ1) is 8.38. The van der Waals surface area contributed by atoms with Crippen molar-refractivity contribution in [2.45, 2.75) is 25.9 Å². The predicted molar refractivity (Wildman–Crippen MR) is 67.7 cm³/mol. The van der Waals surface area contributed by atoms with Crippen molar-refractivity contribution >= 4 is 21.7 Å². The highest BCUT2D eigenvalue weighted by Gasteiger charge is 2.42. The fourth-order valence-electron chi connectivity index (χ4n) is 2.16. The average molecular weight is 323 g/mol. The van der Waals surface area contributed by atoms with Gasteiger partial charge >= 0.3 is 6.18 Å². The first-order valence-corrected chi connectivity index (χ1v) is 6.62. The molecule has 1 aromatic heterocycles. The van der Waals surface area contributed by atoms with Crippen LogP contribution in [0.1, 0.15) is 18.5 Å². The number of aromatic nitrogens is 1. The van der Waals surface area contributed by atoms with Crippen molar-refractivity contribution in [3.8, 4) is 0 Å². The van der Waals surface area contributed by atoms with E-state index in [-0.39, 0.29) is 13.0 Å². The molecule has 0 radical (unpaired) electrons. The van der Waals surface area contributed by atoms with E-state index in [2.05, 4.69) is 20.9 Å². The number of pyridine rings is 1. The van der Waals surface area contributed by atoms with Gasteiger partial charge in [0.15, 0.2) is 0 Å². The van der Waals surface area contributed by atoms with Crippen LogP contribution in [0.4, 0.5) is 19.0 Å². The van der Waals surface area contributed by atoms with Crippen molar-refractivity contribution in [2.24, 2.45) is 5.92 Å². The van der Waals surface area contributed by atoms with Crippen molar-refractivity contribution in [3.63, 3.8) is 0 Å². The fraction of sp³-hybridized carbons (Fsp3) is 0.583. The molecule has 6 heteroatoms. The summed E-state index contributed by atoms with van der Waals surface area (Å²) in [5, 5.41) is 0. The van der Waals surface area contributed by atoms with Gasteiger partial charge in [0, 0.05) is 17.6 Å². The number of halogens is 4. The van der Waals surface area contributed by atoms with Crippen molar-refractivity contribution in [1.29, 1.82) is 0 Å². The summed E-state index contributed by atoms with van der Waals surface area (Å²) in [5.74, 6) is -0.610. The number of rotatable bonds is 1. The van der Waals surface area contributed by atoms with Crippen LogP contribution in [-0.4, -0.2) is 24.2 Å². The van der Waals surface area contributed by atoms with Gasteiger partial charge in [-0.1, -0.05) is 0 Å². The molecule has 1 fully saturated rings. The highest BCUT2D eigenvalue weighted by molar-refractivity contribution is 9.10. The Labute approximate surface area is 112 Å². The van der Waals surface area contributed by atoms with Gasteiger partial charge < -0.3 is 4.90 Å². The largest absolute Gasteiger partial charge is 0.393 e. The molecule has 1 aliphatic rings. The van der Waals surface area contributed by atoms with Gasteiger partial charge in [0.1, 0.15) is 5.82 Å². The monoisotopic (exact) mass is 322 g/mol. The lowest BCUT2D eigenvalue weighted by atomic mass is 9.97. The zero-order chi connectivity index (χ0) is 13.3. The Morgan fingerprint density at radius 1 is 1.39 bits per heavy atom. The molecule has 2 heterocycles. The quantitative estimate of drug-likeness (QED) is 0.778. The van der Waals surface area contributed by atoms with E-state index in [9.17, 15) is 13.2 Å². The molecule has 1 saturated heterocycles. The second kappa shape index (κ2) is 5.07. The van der Waals surface area contributed by atoms with Gasteiger partial charge in [0.25, 0.3) is 0 Å². The molecule has 1 atom stereocenters. The molecule has 18 heavy (non-hydrogen) atoms. The van der Waals surface area contributed by atoms with E-state index < -0.39 is 12.1 Å². The van der Waals surface area contributed by atoms with Crippen molar-refractivity contribution in [1.82, 2.24) is 4.98 Å². The first kappa shape index (κ1) is 13.6. The molecule has 1 aromatic rings. The van der Waals surface area contributed by atoms with E-state index in [0.717, 1.165) is 10.2 Å². The van der Waals surface area contributed by atoms with Gasteiger partial charge in [0.05, 0.1) is 11.6 Å². The van der Waals surface area contributed by atoms with Crippen molar-refractivity contribution in [3.05, 3.63) is 22.3 Å². The summed E-state index contributed by atoms with van der Waals surface area (Å²) in [4.78, 5) is 6.05. The lowest BCUT2D eigenvalue weighted by Crippen LogP contribution is -2.42. The molecule has 0 aromatic carbocycles. The fourth-order valence-corrected chi connectivity index (χ4v) is 2.38. The predicted octanol–water partition coefficient (Wildman–Crippen LogP) is 3.93. The first-order valence-electron chi connectivity index (χ1n) is 5.83. The van der Waals surface area contributed by atoms with Gasteiger partial charge in [-0.3, -0.25) is 0 Å². The number of hydrogen-bond acceptors (Lipinski definition) is 2. The lowest BCUT2D eigenvalue weighted by molar-refractivity contribution is -0.176. The summed E-state index contributed by atoms with van der Waals surface area (Å²) >= 11 is 3.34. The second-order valence-electron chi connectivity index (χ2n) is 4.56. The minimum Gasteiger partial charge on any atom is -0.356 e. The number of alkyl halides is 3. The molecular formula is C12H14BrF3N2. The molecule has 2 nitrogen and oxygen atoms in total. The smallest absolute Gasteiger partial charge is 0.356 e. The van der Waals surface area contributed by atoms with Crippen LogP contribution in [0.3, 0.4) is 0 Å². The van der Waals surface area contributed by atoms with Crippen LogP contribution >= 0.6 is 15.9 Å². The Morgan fingerprint density at radius 3 is 2.72 bits per heavy atom. The summed E-state index contributed by atoms with van der Waals surface area (Å²) in [6.45, 7) is 2.48. The minimum absolute atomic E-state index is 0.0115. The van der Waals surface area contributed by atoms with E-state index >= 15 is 0 Å².